The Kier molecular flexibility index (Phi) is 4.63. The van der Waals surface area contributed by atoms with Gasteiger partial charge >= 0.3 is 0 Å². The lowest BCUT2D eigenvalue weighted by Crippen LogP contribution is -2.29. The SMILES string of the molecule is Cc1ccccc1CN(C)C(C)CBr. The van der Waals surface area contributed by atoms with Crippen LogP contribution in [0.3, 0.4) is 0 Å². The maximum absolute atomic E-state index is 3.51. The van der Waals surface area contributed by atoms with Crippen LogP contribution in [0.25, 0.3) is 0 Å². The van der Waals surface area contributed by atoms with Gasteiger partial charge in [0, 0.05) is 17.9 Å². The lowest BCUT2D eigenvalue weighted by Gasteiger charge is -2.23. The molecule has 1 nitrogen and oxygen atoms in total. The standard InChI is InChI=1S/C12H18BrN/c1-10-6-4-5-7-12(10)9-14(3)11(2)8-13/h4-7,11H,8-9H2,1-3H3. The topological polar surface area (TPSA) is 3.24 Å². The summed E-state index contributed by atoms with van der Waals surface area (Å²) in [6.45, 7) is 5.43. The molecule has 0 heterocycles. The number of rotatable bonds is 4. The molecule has 0 aliphatic carbocycles. The lowest BCUT2D eigenvalue weighted by molar-refractivity contribution is 0.270. The maximum atomic E-state index is 3.51. The van der Waals surface area contributed by atoms with E-state index in [4.69, 9.17) is 0 Å². The minimum Gasteiger partial charge on any atom is -0.299 e. The fraction of sp³-hybridized carbons (Fsp3) is 0.500. The zero-order valence-corrected chi connectivity index (χ0v) is 10.7. The third kappa shape index (κ3) is 3.10. The molecule has 0 aromatic heterocycles. The summed E-state index contributed by atoms with van der Waals surface area (Å²) < 4.78 is 0. The van der Waals surface area contributed by atoms with Crippen LogP contribution in [-0.2, 0) is 6.54 Å². The fourth-order valence-corrected chi connectivity index (χ4v) is 1.82. The van der Waals surface area contributed by atoms with Crippen molar-refractivity contribution in [2.75, 3.05) is 12.4 Å². The molecule has 78 valence electrons. The van der Waals surface area contributed by atoms with Crippen LogP contribution in [0, 0.1) is 6.92 Å². The van der Waals surface area contributed by atoms with Gasteiger partial charge in [-0.25, -0.2) is 0 Å². The van der Waals surface area contributed by atoms with E-state index in [-0.39, 0.29) is 0 Å². The Hall–Kier alpha value is -0.340. The van der Waals surface area contributed by atoms with Crippen LogP contribution in [-0.4, -0.2) is 23.3 Å². The summed E-state index contributed by atoms with van der Waals surface area (Å²) in [6.07, 6.45) is 0. The van der Waals surface area contributed by atoms with E-state index in [9.17, 15) is 0 Å². The first-order valence-corrected chi connectivity index (χ1v) is 6.08. The summed E-state index contributed by atoms with van der Waals surface area (Å²) in [4.78, 5) is 2.36. The normalized spacial score (nSPS) is 13.2. The molecular weight excluding hydrogens is 238 g/mol. The Morgan fingerprint density at radius 1 is 1.36 bits per heavy atom. The minimum atomic E-state index is 0.578. The summed E-state index contributed by atoms with van der Waals surface area (Å²) in [5.41, 5.74) is 2.80. The highest BCUT2D eigenvalue weighted by Gasteiger charge is 2.08. The number of hydrogen-bond acceptors (Lipinski definition) is 1. The molecule has 1 aromatic carbocycles. The first-order chi connectivity index (χ1) is 6.65. The molecule has 0 N–H and O–H groups in total. The molecule has 0 radical (unpaired) electrons. The molecule has 0 saturated heterocycles. The smallest absolute Gasteiger partial charge is 0.0236 e. The molecule has 0 amide bonds. The summed E-state index contributed by atoms with van der Waals surface area (Å²) in [5.74, 6) is 0. The van der Waals surface area contributed by atoms with E-state index >= 15 is 0 Å². The second kappa shape index (κ2) is 5.52. The Morgan fingerprint density at radius 3 is 2.57 bits per heavy atom. The van der Waals surface area contributed by atoms with E-state index in [1.165, 1.54) is 11.1 Å². The van der Waals surface area contributed by atoms with Gasteiger partial charge in [0.2, 0.25) is 0 Å². The quantitative estimate of drug-likeness (QED) is 0.748. The number of aryl methyl sites for hydroxylation is 1. The van der Waals surface area contributed by atoms with Crippen molar-refractivity contribution in [3.8, 4) is 0 Å². The molecule has 14 heavy (non-hydrogen) atoms. The predicted octanol–water partition coefficient (Wildman–Crippen LogP) is 3.21. The van der Waals surface area contributed by atoms with Crippen molar-refractivity contribution in [1.29, 1.82) is 0 Å². The molecule has 0 bridgehead atoms. The van der Waals surface area contributed by atoms with Crippen molar-refractivity contribution in [3.05, 3.63) is 35.4 Å². The van der Waals surface area contributed by atoms with Crippen molar-refractivity contribution < 1.29 is 0 Å². The van der Waals surface area contributed by atoms with Crippen molar-refractivity contribution >= 4 is 15.9 Å². The molecule has 1 unspecified atom stereocenters. The maximum Gasteiger partial charge on any atom is 0.0236 e. The van der Waals surface area contributed by atoms with Gasteiger partial charge in [0.15, 0.2) is 0 Å². The van der Waals surface area contributed by atoms with Gasteiger partial charge in [-0.15, -0.1) is 0 Å². The first kappa shape index (κ1) is 11.7. The van der Waals surface area contributed by atoms with E-state index in [1.54, 1.807) is 0 Å². The fourth-order valence-electron chi connectivity index (χ4n) is 1.33. The highest BCUT2D eigenvalue weighted by atomic mass is 79.9. The molecule has 1 rings (SSSR count). The number of hydrogen-bond donors (Lipinski definition) is 0. The van der Waals surface area contributed by atoms with Crippen LogP contribution in [0.2, 0.25) is 0 Å². The van der Waals surface area contributed by atoms with Crippen molar-refractivity contribution in [3.63, 3.8) is 0 Å². The van der Waals surface area contributed by atoms with Crippen molar-refractivity contribution in [2.45, 2.75) is 26.4 Å². The molecule has 0 spiro atoms. The van der Waals surface area contributed by atoms with Gasteiger partial charge < -0.3 is 0 Å². The van der Waals surface area contributed by atoms with Crippen LogP contribution in [0.15, 0.2) is 24.3 Å². The monoisotopic (exact) mass is 255 g/mol. The summed E-state index contributed by atoms with van der Waals surface area (Å²) in [5, 5.41) is 1.02. The molecule has 0 aliphatic rings. The van der Waals surface area contributed by atoms with Gasteiger partial charge in [0.05, 0.1) is 0 Å². The molecule has 0 saturated carbocycles. The van der Waals surface area contributed by atoms with E-state index in [2.05, 4.69) is 66.0 Å². The number of benzene rings is 1. The highest BCUT2D eigenvalue weighted by molar-refractivity contribution is 9.09. The van der Waals surface area contributed by atoms with Gasteiger partial charge in [-0.1, -0.05) is 40.2 Å². The molecule has 2 heteroatoms. The average Bonchev–Trinajstić information content (AvgIpc) is 2.20. The zero-order chi connectivity index (χ0) is 10.6. The van der Waals surface area contributed by atoms with E-state index in [0.29, 0.717) is 6.04 Å². The van der Waals surface area contributed by atoms with Crippen LogP contribution in [0.5, 0.6) is 0 Å². The van der Waals surface area contributed by atoms with Crippen LogP contribution in [0.4, 0.5) is 0 Å². The molecular formula is C12H18BrN. The number of nitrogens with zero attached hydrogens (tertiary/aromatic N) is 1. The highest BCUT2D eigenvalue weighted by Crippen LogP contribution is 2.11. The van der Waals surface area contributed by atoms with Crippen LogP contribution in [0.1, 0.15) is 18.1 Å². The average molecular weight is 256 g/mol. The summed E-state index contributed by atoms with van der Waals surface area (Å²) >= 11 is 3.51. The van der Waals surface area contributed by atoms with Crippen molar-refractivity contribution in [2.24, 2.45) is 0 Å². The second-order valence-electron chi connectivity index (χ2n) is 3.84. The van der Waals surface area contributed by atoms with E-state index in [0.717, 1.165) is 11.9 Å². The van der Waals surface area contributed by atoms with Gasteiger partial charge in [0.1, 0.15) is 0 Å². The van der Waals surface area contributed by atoms with Crippen LogP contribution >= 0.6 is 15.9 Å². The molecule has 1 aromatic rings. The third-order valence-corrected chi connectivity index (χ3v) is 3.59. The minimum absolute atomic E-state index is 0.578. The van der Waals surface area contributed by atoms with Gasteiger partial charge in [-0.2, -0.15) is 0 Å². The second-order valence-corrected chi connectivity index (χ2v) is 4.49. The van der Waals surface area contributed by atoms with Crippen molar-refractivity contribution in [1.82, 2.24) is 4.90 Å². The molecule has 1 atom stereocenters. The Bertz CT molecular complexity index is 285. The molecule has 0 fully saturated rings. The molecule has 0 aliphatic heterocycles. The summed E-state index contributed by atoms with van der Waals surface area (Å²) in [7, 11) is 2.17. The van der Waals surface area contributed by atoms with Gasteiger partial charge in [-0.3, -0.25) is 4.90 Å². The predicted molar refractivity (Wildman–Crippen MR) is 65.9 cm³/mol. The van der Waals surface area contributed by atoms with Gasteiger partial charge in [-0.05, 0) is 32.0 Å². The van der Waals surface area contributed by atoms with E-state index < -0.39 is 0 Å². The Morgan fingerprint density at radius 2 is 2.00 bits per heavy atom. The lowest BCUT2D eigenvalue weighted by atomic mass is 10.1. The largest absolute Gasteiger partial charge is 0.299 e. The summed E-state index contributed by atoms with van der Waals surface area (Å²) in [6, 6.07) is 9.14. The number of alkyl halides is 1. The van der Waals surface area contributed by atoms with Crippen LogP contribution < -0.4 is 0 Å². The van der Waals surface area contributed by atoms with Gasteiger partial charge in [0.25, 0.3) is 0 Å². The third-order valence-electron chi connectivity index (χ3n) is 2.66. The van der Waals surface area contributed by atoms with E-state index in [1.807, 2.05) is 0 Å². The Balaban J connectivity index is 2.64. The zero-order valence-electron chi connectivity index (χ0n) is 9.13. The number of halogens is 1. The Labute approximate surface area is 95.2 Å². The first-order valence-electron chi connectivity index (χ1n) is 4.96.